The molecule has 0 unspecified atom stereocenters. The number of likely N-dealkylation sites (tertiary alicyclic amines) is 1. The van der Waals surface area contributed by atoms with Crippen molar-refractivity contribution in [1.29, 1.82) is 0 Å². The van der Waals surface area contributed by atoms with Crippen molar-refractivity contribution < 1.29 is 19.8 Å². The minimum Gasteiger partial charge on any atom is -0.478 e. The standard InChI is InChI=1S/C36H37N3O4S/c1-22-7-14-32(44-22)30-13-9-24-19-25(10-12-29(24)37-30)35-34(23-5-3-2-4-6-23)28-11-8-26(36(42)43)20-31(28)39(35)21-33(41)38-17-15-27(40)16-18-38/h7-14,19-20,23,27,40H,2-6,15-18,21H2,1H3,(H,42,43). The SMILES string of the molecule is Cc1ccc(-c2ccc3cc(-c4c(C5CCCCC5)c5ccc(C(=O)O)cc5n4CC(=O)N4CCC(O)CC4)ccc3n2)s1. The lowest BCUT2D eigenvalue weighted by Crippen LogP contribution is -2.41. The number of aromatic carboxylic acids is 1. The van der Waals surface area contributed by atoms with Crippen LogP contribution in [-0.4, -0.2) is 55.7 Å². The summed E-state index contributed by atoms with van der Waals surface area (Å²) in [4.78, 5) is 35.1. The van der Waals surface area contributed by atoms with Gasteiger partial charge in [0, 0.05) is 28.7 Å². The van der Waals surface area contributed by atoms with Gasteiger partial charge in [-0.05, 0) is 92.1 Å². The summed E-state index contributed by atoms with van der Waals surface area (Å²) >= 11 is 1.73. The van der Waals surface area contributed by atoms with E-state index in [1.54, 1.807) is 23.5 Å². The molecule has 1 aliphatic carbocycles. The number of hydrogen-bond donors (Lipinski definition) is 2. The van der Waals surface area contributed by atoms with Gasteiger partial charge in [0.2, 0.25) is 5.91 Å². The van der Waals surface area contributed by atoms with Crippen molar-refractivity contribution in [2.75, 3.05) is 13.1 Å². The maximum Gasteiger partial charge on any atom is 0.335 e. The van der Waals surface area contributed by atoms with Crippen molar-refractivity contribution in [3.63, 3.8) is 0 Å². The van der Waals surface area contributed by atoms with Crippen LogP contribution in [-0.2, 0) is 11.3 Å². The van der Waals surface area contributed by atoms with Gasteiger partial charge in [-0.1, -0.05) is 37.5 Å². The van der Waals surface area contributed by atoms with Gasteiger partial charge in [-0.25, -0.2) is 9.78 Å². The van der Waals surface area contributed by atoms with Crippen LogP contribution < -0.4 is 0 Å². The molecule has 2 N–H and O–H groups in total. The highest BCUT2D eigenvalue weighted by molar-refractivity contribution is 7.15. The van der Waals surface area contributed by atoms with E-state index in [4.69, 9.17) is 4.98 Å². The lowest BCUT2D eigenvalue weighted by molar-refractivity contribution is -0.133. The van der Waals surface area contributed by atoms with E-state index in [-0.39, 0.29) is 24.1 Å². The van der Waals surface area contributed by atoms with Crippen molar-refractivity contribution in [3.8, 4) is 21.8 Å². The first-order valence-corrected chi connectivity index (χ1v) is 16.5. The van der Waals surface area contributed by atoms with Crippen LogP contribution in [0.25, 0.3) is 43.6 Å². The summed E-state index contributed by atoms with van der Waals surface area (Å²) in [6, 6.07) is 20.1. The summed E-state index contributed by atoms with van der Waals surface area (Å²) in [6.07, 6.45) is 6.47. The molecule has 1 amide bonds. The number of aryl methyl sites for hydroxylation is 1. The van der Waals surface area contributed by atoms with E-state index in [0.717, 1.165) is 69.3 Å². The van der Waals surface area contributed by atoms with Crippen LogP contribution in [0.1, 0.15) is 71.7 Å². The number of nitrogens with zero attached hydrogens (tertiary/aromatic N) is 3. The number of carboxylic acids is 1. The Kier molecular flexibility index (Phi) is 7.72. The number of thiophene rings is 1. The van der Waals surface area contributed by atoms with E-state index in [1.165, 1.54) is 16.9 Å². The Morgan fingerprint density at radius 3 is 2.45 bits per heavy atom. The topological polar surface area (TPSA) is 95.7 Å². The van der Waals surface area contributed by atoms with Crippen LogP contribution in [0.3, 0.4) is 0 Å². The number of fused-ring (bicyclic) bond motifs is 2. The highest BCUT2D eigenvalue weighted by Gasteiger charge is 2.29. The van der Waals surface area contributed by atoms with E-state index in [1.807, 2.05) is 11.0 Å². The van der Waals surface area contributed by atoms with Gasteiger partial charge >= 0.3 is 5.97 Å². The Bertz CT molecular complexity index is 1880. The molecule has 1 saturated heterocycles. The van der Waals surface area contributed by atoms with Crippen LogP contribution in [0.4, 0.5) is 0 Å². The largest absolute Gasteiger partial charge is 0.478 e. The Hall–Kier alpha value is -4.01. The number of benzene rings is 2. The van der Waals surface area contributed by atoms with E-state index in [0.29, 0.717) is 31.8 Å². The Morgan fingerprint density at radius 1 is 0.932 bits per heavy atom. The molecule has 226 valence electrons. The average molecular weight is 608 g/mol. The maximum atomic E-state index is 13.8. The lowest BCUT2D eigenvalue weighted by atomic mass is 9.81. The van der Waals surface area contributed by atoms with Crippen LogP contribution >= 0.6 is 11.3 Å². The second kappa shape index (κ2) is 11.8. The second-order valence-electron chi connectivity index (χ2n) is 12.3. The summed E-state index contributed by atoms with van der Waals surface area (Å²) in [7, 11) is 0. The second-order valence-corrected chi connectivity index (χ2v) is 13.6. The fourth-order valence-electron chi connectivity index (χ4n) is 7.12. The molecule has 2 aromatic carbocycles. The van der Waals surface area contributed by atoms with E-state index in [9.17, 15) is 19.8 Å². The zero-order valence-electron chi connectivity index (χ0n) is 25.0. The fourth-order valence-corrected chi connectivity index (χ4v) is 7.96. The molecule has 44 heavy (non-hydrogen) atoms. The van der Waals surface area contributed by atoms with Gasteiger partial charge in [0.05, 0.1) is 39.0 Å². The third-order valence-corrected chi connectivity index (χ3v) is 10.5. The smallest absolute Gasteiger partial charge is 0.335 e. The molecule has 0 bridgehead atoms. The number of aromatic nitrogens is 2. The first-order chi connectivity index (χ1) is 21.4. The van der Waals surface area contributed by atoms with E-state index in [2.05, 4.69) is 54.0 Å². The molecule has 0 spiro atoms. The van der Waals surface area contributed by atoms with Crippen molar-refractivity contribution in [3.05, 3.63) is 76.7 Å². The quantitative estimate of drug-likeness (QED) is 0.207. The molecule has 2 fully saturated rings. The molecule has 4 heterocycles. The Labute approximate surface area is 260 Å². The predicted octanol–water partition coefficient (Wildman–Crippen LogP) is 7.62. The molecule has 5 aromatic rings. The van der Waals surface area contributed by atoms with Gasteiger partial charge in [-0.3, -0.25) is 4.79 Å². The third kappa shape index (κ3) is 5.41. The van der Waals surface area contributed by atoms with Crippen molar-refractivity contribution in [2.45, 2.75) is 70.4 Å². The molecule has 3 aromatic heterocycles. The van der Waals surface area contributed by atoms with Crippen molar-refractivity contribution >= 4 is 45.0 Å². The minimum absolute atomic E-state index is 0.00990. The van der Waals surface area contributed by atoms with Gasteiger partial charge in [0.1, 0.15) is 6.54 Å². The monoisotopic (exact) mass is 607 g/mol. The van der Waals surface area contributed by atoms with E-state index >= 15 is 0 Å². The third-order valence-electron chi connectivity index (χ3n) is 9.43. The number of carboxylic acid groups (broad SMARTS) is 1. The molecule has 7 rings (SSSR count). The first-order valence-electron chi connectivity index (χ1n) is 15.7. The van der Waals surface area contributed by atoms with Crippen molar-refractivity contribution in [2.24, 2.45) is 0 Å². The summed E-state index contributed by atoms with van der Waals surface area (Å²) in [5.74, 6) is -0.661. The Balaban J connectivity index is 1.40. The molecule has 8 heteroatoms. The van der Waals surface area contributed by atoms with Crippen LogP contribution in [0, 0.1) is 6.92 Å². The number of pyridine rings is 1. The number of piperidine rings is 1. The molecule has 0 atom stereocenters. The number of amides is 1. The number of aliphatic hydroxyl groups excluding tert-OH is 1. The maximum absolute atomic E-state index is 13.8. The molecular formula is C36H37N3O4S. The highest BCUT2D eigenvalue weighted by atomic mass is 32.1. The van der Waals surface area contributed by atoms with Gasteiger partial charge in [-0.2, -0.15) is 0 Å². The number of aliphatic hydroxyl groups is 1. The summed E-state index contributed by atoms with van der Waals surface area (Å²) < 4.78 is 2.07. The number of hydrogen-bond acceptors (Lipinski definition) is 5. The predicted molar refractivity (Wildman–Crippen MR) is 175 cm³/mol. The molecule has 2 aliphatic rings. The highest BCUT2D eigenvalue weighted by Crippen LogP contribution is 2.45. The zero-order valence-corrected chi connectivity index (χ0v) is 25.8. The summed E-state index contributed by atoms with van der Waals surface area (Å²) in [5.41, 5.74) is 6.10. The van der Waals surface area contributed by atoms with Crippen LogP contribution in [0.2, 0.25) is 0 Å². The van der Waals surface area contributed by atoms with Crippen molar-refractivity contribution in [1.82, 2.24) is 14.5 Å². The lowest BCUT2D eigenvalue weighted by Gasteiger charge is -2.30. The minimum atomic E-state index is -0.981. The van der Waals surface area contributed by atoms with Gasteiger partial charge in [0.15, 0.2) is 0 Å². The molecular weight excluding hydrogens is 570 g/mol. The summed E-state index contributed by atoms with van der Waals surface area (Å²) in [5, 5.41) is 22.0. The molecule has 1 saturated carbocycles. The zero-order chi connectivity index (χ0) is 30.4. The van der Waals surface area contributed by atoms with Crippen LogP contribution in [0.15, 0.2) is 60.7 Å². The normalized spacial score (nSPS) is 16.6. The molecule has 7 nitrogen and oxygen atoms in total. The first kappa shape index (κ1) is 28.7. The fraction of sp³-hybridized carbons (Fsp3) is 0.361. The number of carbonyl (C=O) groups is 2. The number of rotatable bonds is 6. The summed E-state index contributed by atoms with van der Waals surface area (Å²) in [6.45, 7) is 3.27. The molecule has 1 aliphatic heterocycles. The van der Waals surface area contributed by atoms with E-state index < -0.39 is 5.97 Å². The van der Waals surface area contributed by atoms with Crippen LogP contribution in [0.5, 0.6) is 0 Å². The number of carbonyl (C=O) groups excluding carboxylic acids is 1. The average Bonchev–Trinajstić information content (AvgIpc) is 3.62. The molecule has 0 radical (unpaired) electrons. The van der Waals surface area contributed by atoms with Gasteiger partial charge in [-0.15, -0.1) is 11.3 Å². The Morgan fingerprint density at radius 2 is 1.73 bits per heavy atom. The van der Waals surface area contributed by atoms with Gasteiger partial charge in [0.25, 0.3) is 0 Å². The van der Waals surface area contributed by atoms with Gasteiger partial charge < -0.3 is 19.7 Å².